The van der Waals surface area contributed by atoms with Crippen LogP contribution in [-0.4, -0.2) is 35.2 Å². The van der Waals surface area contributed by atoms with Gasteiger partial charge in [0.15, 0.2) is 0 Å². The molecule has 1 aliphatic heterocycles. The molecule has 1 saturated carbocycles. The predicted molar refractivity (Wildman–Crippen MR) is 85.8 cm³/mol. The molecule has 3 heteroatoms. The Bertz CT molecular complexity index is 389. The third-order valence-electron chi connectivity index (χ3n) is 6.01. The number of nitrogens with zero attached hydrogens (tertiary/aromatic N) is 2. The van der Waals surface area contributed by atoms with Crippen LogP contribution in [0.4, 0.5) is 0 Å². The van der Waals surface area contributed by atoms with Crippen molar-refractivity contribution in [3.05, 3.63) is 0 Å². The standard InChI is InChI=1S/C18H32N2O/c1-4-12-20-13-5-6-18(21,11-14-20)17(15-19)9-7-16(2,3)8-10-17/h21H,4-14H2,1-3H3. The minimum atomic E-state index is -0.777. The molecule has 2 rings (SSSR count). The summed E-state index contributed by atoms with van der Waals surface area (Å²) in [6.45, 7) is 9.91. The van der Waals surface area contributed by atoms with E-state index in [9.17, 15) is 10.4 Å². The van der Waals surface area contributed by atoms with Crippen molar-refractivity contribution in [2.45, 2.75) is 77.7 Å². The normalized spacial score (nSPS) is 33.1. The lowest BCUT2D eigenvalue weighted by atomic mass is 9.57. The molecule has 0 amide bonds. The lowest BCUT2D eigenvalue weighted by Crippen LogP contribution is -2.51. The molecule has 0 radical (unpaired) electrons. The summed E-state index contributed by atoms with van der Waals surface area (Å²) in [4.78, 5) is 2.45. The van der Waals surface area contributed by atoms with Crippen molar-refractivity contribution in [3.8, 4) is 6.07 Å². The molecule has 0 aromatic heterocycles. The Kier molecular flexibility index (Phi) is 5.00. The van der Waals surface area contributed by atoms with Crippen LogP contribution in [0.5, 0.6) is 0 Å². The van der Waals surface area contributed by atoms with Crippen molar-refractivity contribution in [2.24, 2.45) is 10.8 Å². The smallest absolute Gasteiger partial charge is 0.0861 e. The summed E-state index contributed by atoms with van der Waals surface area (Å²) in [5, 5.41) is 21.2. The second-order valence-electron chi connectivity index (χ2n) is 8.08. The summed E-state index contributed by atoms with van der Waals surface area (Å²) < 4.78 is 0. The Morgan fingerprint density at radius 3 is 2.29 bits per heavy atom. The maximum Gasteiger partial charge on any atom is 0.0861 e. The molecule has 0 aromatic carbocycles. The van der Waals surface area contributed by atoms with Crippen LogP contribution in [0.3, 0.4) is 0 Å². The highest BCUT2D eigenvalue weighted by Crippen LogP contribution is 2.53. The average molecular weight is 292 g/mol. The Balaban J connectivity index is 2.12. The zero-order valence-electron chi connectivity index (χ0n) is 14.1. The van der Waals surface area contributed by atoms with Gasteiger partial charge in [0.25, 0.3) is 0 Å². The van der Waals surface area contributed by atoms with Crippen LogP contribution in [0, 0.1) is 22.2 Å². The van der Waals surface area contributed by atoms with E-state index in [4.69, 9.17) is 0 Å². The predicted octanol–water partition coefficient (Wildman–Crippen LogP) is 3.72. The molecule has 3 nitrogen and oxygen atoms in total. The maximum atomic E-state index is 11.3. The van der Waals surface area contributed by atoms with E-state index in [1.807, 2.05) is 0 Å². The molecule has 1 saturated heterocycles. The van der Waals surface area contributed by atoms with E-state index in [2.05, 4.69) is 31.7 Å². The number of aliphatic hydroxyl groups is 1. The van der Waals surface area contributed by atoms with Crippen LogP contribution in [0.15, 0.2) is 0 Å². The summed E-state index contributed by atoms with van der Waals surface area (Å²) >= 11 is 0. The first-order valence-electron chi connectivity index (χ1n) is 8.72. The highest BCUT2D eigenvalue weighted by molar-refractivity contribution is 5.14. The topological polar surface area (TPSA) is 47.3 Å². The summed E-state index contributed by atoms with van der Waals surface area (Å²) in [6, 6.07) is 2.57. The van der Waals surface area contributed by atoms with E-state index >= 15 is 0 Å². The largest absolute Gasteiger partial charge is 0.388 e. The van der Waals surface area contributed by atoms with E-state index in [1.165, 1.54) is 0 Å². The minimum Gasteiger partial charge on any atom is -0.388 e. The molecule has 2 aliphatic rings. The van der Waals surface area contributed by atoms with Crippen molar-refractivity contribution >= 4 is 0 Å². The second kappa shape index (κ2) is 6.26. The van der Waals surface area contributed by atoms with Crippen molar-refractivity contribution < 1.29 is 5.11 Å². The molecule has 1 N–H and O–H groups in total. The molecule has 0 bridgehead atoms. The first-order valence-corrected chi connectivity index (χ1v) is 8.72. The third-order valence-corrected chi connectivity index (χ3v) is 6.01. The van der Waals surface area contributed by atoms with E-state index < -0.39 is 11.0 Å². The fraction of sp³-hybridized carbons (Fsp3) is 0.944. The fourth-order valence-corrected chi connectivity index (χ4v) is 4.23. The molecule has 1 aliphatic carbocycles. The first kappa shape index (κ1) is 16.8. The van der Waals surface area contributed by atoms with E-state index in [0.29, 0.717) is 5.41 Å². The zero-order chi connectivity index (χ0) is 15.6. The Morgan fingerprint density at radius 2 is 1.71 bits per heavy atom. The summed E-state index contributed by atoms with van der Waals surface area (Å²) in [6.07, 6.45) is 7.58. The molecular weight excluding hydrogens is 260 g/mol. The lowest BCUT2D eigenvalue weighted by molar-refractivity contribution is -0.0941. The molecular formula is C18H32N2O. The zero-order valence-corrected chi connectivity index (χ0v) is 14.1. The Labute approximate surface area is 130 Å². The van der Waals surface area contributed by atoms with Gasteiger partial charge in [0, 0.05) is 6.54 Å². The molecule has 1 atom stereocenters. The Hall–Kier alpha value is -0.590. The van der Waals surface area contributed by atoms with E-state index in [-0.39, 0.29) is 0 Å². The highest BCUT2D eigenvalue weighted by Gasteiger charge is 2.53. The molecule has 0 aromatic rings. The van der Waals surface area contributed by atoms with Crippen LogP contribution in [-0.2, 0) is 0 Å². The second-order valence-corrected chi connectivity index (χ2v) is 8.08. The van der Waals surface area contributed by atoms with Gasteiger partial charge >= 0.3 is 0 Å². The maximum absolute atomic E-state index is 11.3. The fourth-order valence-electron chi connectivity index (χ4n) is 4.23. The first-order chi connectivity index (χ1) is 9.86. The quantitative estimate of drug-likeness (QED) is 0.862. The van der Waals surface area contributed by atoms with Crippen molar-refractivity contribution in [2.75, 3.05) is 19.6 Å². The van der Waals surface area contributed by atoms with Gasteiger partial charge in [0.1, 0.15) is 0 Å². The molecule has 1 heterocycles. The van der Waals surface area contributed by atoms with Crippen LogP contribution >= 0.6 is 0 Å². The molecule has 21 heavy (non-hydrogen) atoms. The number of rotatable bonds is 3. The highest BCUT2D eigenvalue weighted by atomic mass is 16.3. The SMILES string of the molecule is CCCN1CCCC(O)(C2(C#N)CCC(C)(C)CC2)CC1. The molecule has 1 unspecified atom stereocenters. The third kappa shape index (κ3) is 3.43. The molecule has 2 fully saturated rings. The lowest BCUT2D eigenvalue weighted by Gasteiger charge is -2.48. The molecule has 120 valence electrons. The van der Waals surface area contributed by atoms with Gasteiger partial charge in [0.2, 0.25) is 0 Å². The number of hydrogen-bond donors (Lipinski definition) is 1. The summed E-state index contributed by atoms with van der Waals surface area (Å²) in [7, 11) is 0. The van der Waals surface area contributed by atoms with Crippen molar-refractivity contribution in [3.63, 3.8) is 0 Å². The van der Waals surface area contributed by atoms with Gasteiger partial charge in [-0.1, -0.05) is 20.8 Å². The van der Waals surface area contributed by atoms with E-state index in [0.717, 1.165) is 71.0 Å². The number of likely N-dealkylation sites (tertiary alicyclic amines) is 1. The average Bonchev–Trinajstić information content (AvgIpc) is 2.63. The van der Waals surface area contributed by atoms with Crippen molar-refractivity contribution in [1.29, 1.82) is 5.26 Å². The van der Waals surface area contributed by atoms with Crippen LogP contribution in [0.25, 0.3) is 0 Å². The van der Waals surface area contributed by atoms with Gasteiger partial charge in [-0.05, 0) is 69.9 Å². The van der Waals surface area contributed by atoms with Gasteiger partial charge in [0.05, 0.1) is 17.1 Å². The van der Waals surface area contributed by atoms with Gasteiger partial charge < -0.3 is 10.0 Å². The monoisotopic (exact) mass is 292 g/mol. The van der Waals surface area contributed by atoms with Gasteiger partial charge in [-0.3, -0.25) is 0 Å². The minimum absolute atomic E-state index is 0.329. The Morgan fingerprint density at radius 1 is 1.05 bits per heavy atom. The number of nitriles is 1. The van der Waals surface area contributed by atoms with Crippen LogP contribution < -0.4 is 0 Å². The number of hydrogen-bond acceptors (Lipinski definition) is 3. The van der Waals surface area contributed by atoms with Gasteiger partial charge in [-0.15, -0.1) is 0 Å². The van der Waals surface area contributed by atoms with Gasteiger partial charge in [-0.25, -0.2) is 0 Å². The molecule has 0 spiro atoms. The van der Waals surface area contributed by atoms with Crippen LogP contribution in [0.1, 0.15) is 72.1 Å². The van der Waals surface area contributed by atoms with Gasteiger partial charge in [-0.2, -0.15) is 5.26 Å². The summed E-state index contributed by atoms with van der Waals surface area (Å²) in [5.74, 6) is 0. The van der Waals surface area contributed by atoms with Crippen molar-refractivity contribution in [1.82, 2.24) is 4.90 Å². The summed E-state index contributed by atoms with van der Waals surface area (Å²) in [5.41, 5.74) is -0.957. The van der Waals surface area contributed by atoms with Crippen LogP contribution in [0.2, 0.25) is 0 Å². The van der Waals surface area contributed by atoms with E-state index in [1.54, 1.807) is 0 Å².